The molecule has 0 heterocycles. The molecule has 2 nitrogen and oxygen atoms in total. The van der Waals surface area contributed by atoms with Crippen LogP contribution in [0.15, 0.2) is 24.3 Å². The first-order valence-corrected chi connectivity index (χ1v) is 6.51. The van der Waals surface area contributed by atoms with Crippen LogP contribution in [0.25, 0.3) is 0 Å². The summed E-state index contributed by atoms with van der Waals surface area (Å²) >= 11 is 0. The molecular formula is C15H21FN2. The number of nitrogens with zero attached hydrogens (tertiary/aromatic N) is 1. The summed E-state index contributed by atoms with van der Waals surface area (Å²) in [6.07, 6.45) is 2.40. The van der Waals surface area contributed by atoms with Gasteiger partial charge in [0.2, 0.25) is 0 Å². The van der Waals surface area contributed by atoms with Crippen LogP contribution in [-0.4, -0.2) is 5.54 Å². The molecule has 0 spiro atoms. The fourth-order valence-electron chi connectivity index (χ4n) is 2.00. The quantitative estimate of drug-likeness (QED) is 0.812. The molecule has 0 saturated carbocycles. The third-order valence-corrected chi connectivity index (χ3v) is 3.46. The predicted octanol–water partition coefficient (Wildman–Crippen LogP) is 4.35. The van der Waals surface area contributed by atoms with Crippen molar-refractivity contribution in [3.05, 3.63) is 30.1 Å². The van der Waals surface area contributed by atoms with Crippen molar-refractivity contribution in [3.8, 4) is 6.07 Å². The van der Waals surface area contributed by atoms with Crippen LogP contribution in [0.1, 0.15) is 40.0 Å². The first kappa shape index (κ1) is 14.5. The molecule has 0 bridgehead atoms. The van der Waals surface area contributed by atoms with Gasteiger partial charge < -0.3 is 5.32 Å². The molecular weight excluding hydrogens is 227 g/mol. The zero-order valence-electron chi connectivity index (χ0n) is 11.3. The second-order valence-corrected chi connectivity index (χ2v) is 4.87. The Hall–Kier alpha value is -1.56. The average molecular weight is 248 g/mol. The second-order valence-electron chi connectivity index (χ2n) is 4.87. The van der Waals surface area contributed by atoms with Gasteiger partial charge in [-0.3, -0.25) is 0 Å². The minimum atomic E-state index is -0.683. The van der Waals surface area contributed by atoms with E-state index in [1.54, 1.807) is 18.2 Å². The normalized spacial score (nSPS) is 15.5. The molecule has 0 saturated heterocycles. The van der Waals surface area contributed by atoms with Gasteiger partial charge in [0.05, 0.1) is 11.8 Å². The number of benzene rings is 1. The van der Waals surface area contributed by atoms with Crippen molar-refractivity contribution >= 4 is 5.69 Å². The van der Waals surface area contributed by atoms with Crippen LogP contribution >= 0.6 is 0 Å². The molecule has 98 valence electrons. The Morgan fingerprint density at radius 2 is 2.06 bits per heavy atom. The molecule has 2 atom stereocenters. The third kappa shape index (κ3) is 3.46. The Morgan fingerprint density at radius 1 is 1.39 bits per heavy atom. The van der Waals surface area contributed by atoms with Gasteiger partial charge in [0.25, 0.3) is 0 Å². The van der Waals surface area contributed by atoms with E-state index < -0.39 is 5.54 Å². The summed E-state index contributed by atoms with van der Waals surface area (Å²) in [4.78, 5) is 0. The van der Waals surface area contributed by atoms with Crippen molar-refractivity contribution in [3.63, 3.8) is 0 Å². The van der Waals surface area contributed by atoms with Crippen LogP contribution in [0.4, 0.5) is 10.1 Å². The highest BCUT2D eigenvalue weighted by Gasteiger charge is 2.30. The molecule has 0 radical (unpaired) electrons. The van der Waals surface area contributed by atoms with Gasteiger partial charge in [-0.15, -0.1) is 0 Å². The highest BCUT2D eigenvalue weighted by atomic mass is 19.1. The standard InChI is InChI=1S/C15H21FN2/c1-4-12(3)10-15(5-2,11-17)18-14-9-7-6-8-13(14)16/h6-9,12,18H,4-5,10H2,1-3H3. The summed E-state index contributed by atoms with van der Waals surface area (Å²) in [6, 6.07) is 8.83. The van der Waals surface area contributed by atoms with Crippen LogP contribution in [0.5, 0.6) is 0 Å². The van der Waals surface area contributed by atoms with Gasteiger partial charge in [-0.25, -0.2) is 4.39 Å². The van der Waals surface area contributed by atoms with Crippen molar-refractivity contribution in [1.82, 2.24) is 0 Å². The lowest BCUT2D eigenvalue weighted by atomic mass is 9.85. The molecule has 1 N–H and O–H groups in total. The van der Waals surface area contributed by atoms with Gasteiger partial charge in [-0.1, -0.05) is 39.3 Å². The minimum Gasteiger partial charge on any atom is -0.365 e. The zero-order chi connectivity index (χ0) is 13.6. The summed E-state index contributed by atoms with van der Waals surface area (Å²) in [5.74, 6) is 0.124. The van der Waals surface area contributed by atoms with Gasteiger partial charge in [0.15, 0.2) is 0 Å². The maximum absolute atomic E-state index is 13.6. The Kier molecular flexibility index (Phi) is 5.15. The van der Waals surface area contributed by atoms with Gasteiger partial charge in [0, 0.05) is 0 Å². The van der Waals surface area contributed by atoms with Crippen LogP contribution in [-0.2, 0) is 0 Å². The lowest BCUT2D eigenvalue weighted by Gasteiger charge is -2.30. The van der Waals surface area contributed by atoms with Crippen molar-refractivity contribution in [2.24, 2.45) is 5.92 Å². The predicted molar refractivity (Wildman–Crippen MR) is 72.7 cm³/mol. The van der Waals surface area contributed by atoms with Gasteiger partial charge in [-0.2, -0.15) is 5.26 Å². The lowest BCUT2D eigenvalue weighted by Crippen LogP contribution is -2.38. The van der Waals surface area contributed by atoms with Crippen LogP contribution in [0, 0.1) is 23.1 Å². The lowest BCUT2D eigenvalue weighted by molar-refractivity contribution is 0.402. The van der Waals surface area contributed by atoms with Crippen molar-refractivity contribution in [2.75, 3.05) is 5.32 Å². The second kappa shape index (κ2) is 6.39. The summed E-state index contributed by atoms with van der Waals surface area (Å²) in [7, 11) is 0. The Balaban J connectivity index is 2.93. The Bertz CT molecular complexity index is 425. The van der Waals surface area contributed by atoms with E-state index in [2.05, 4.69) is 25.2 Å². The summed E-state index contributed by atoms with van der Waals surface area (Å²) in [6.45, 7) is 6.18. The van der Waals surface area contributed by atoms with E-state index in [0.29, 0.717) is 18.0 Å². The Labute approximate surface area is 109 Å². The van der Waals surface area contributed by atoms with Gasteiger partial charge >= 0.3 is 0 Å². The number of hydrogen-bond donors (Lipinski definition) is 1. The SMILES string of the molecule is CCC(C)CC(C#N)(CC)Nc1ccccc1F. The van der Waals surface area contributed by atoms with E-state index in [-0.39, 0.29) is 5.82 Å². The molecule has 0 aliphatic rings. The molecule has 0 aromatic heterocycles. The molecule has 0 amide bonds. The van der Waals surface area contributed by atoms with Crippen LogP contribution in [0.2, 0.25) is 0 Å². The summed E-state index contributed by atoms with van der Waals surface area (Å²) < 4.78 is 13.6. The maximum atomic E-state index is 13.6. The molecule has 3 heteroatoms. The smallest absolute Gasteiger partial charge is 0.146 e. The van der Waals surface area contributed by atoms with E-state index in [1.165, 1.54) is 6.07 Å². The topological polar surface area (TPSA) is 35.8 Å². The number of nitrogens with one attached hydrogen (secondary N) is 1. The number of halogens is 1. The number of hydrogen-bond acceptors (Lipinski definition) is 2. The summed E-state index contributed by atoms with van der Waals surface area (Å²) in [5.41, 5.74) is -0.276. The highest BCUT2D eigenvalue weighted by Crippen LogP contribution is 2.28. The monoisotopic (exact) mass is 248 g/mol. The molecule has 2 unspecified atom stereocenters. The highest BCUT2D eigenvalue weighted by molar-refractivity contribution is 5.48. The largest absolute Gasteiger partial charge is 0.365 e. The number of para-hydroxylation sites is 1. The molecule has 1 aromatic carbocycles. The molecule has 0 aliphatic heterocycles. The number of anilines is 1. The molecule has 1 rings (SSSR count). The van der Waals surface area contributed by atoms with E-state index in [4.69, 9.17) is 0 Å². The molecule has 0 fully saturated rings. The van der Waals surface area contributed by atoms with Gasteiger partial charge in [0.1, 0.15) is 11.4 Å². The zero-order valence-corrected chi connectivity index (χ0v) is 11.3. The van der Waals surface area contributed by atoms with Crippen molar-refractivity contribution < 1.29 is 4.39 Å². The first-order chi connectivity index (χ1) is 8.56. The molecule has 0 aliphatic carbocycles. The van der Waals surface area contributed by atoms with Gasteiger partial charge in [-0.05, 0) is 30.9 Å². The average Bonchev–Trinajstić information content (AvgIpc) is 2.40. The fraction of sp³-hybridized carbons (Fsp3) is 0.533. The molecule has 18 heavy (non-hydrogen) atoms. The van der Waals surface area contributed by atoms with E-state index >= 15 is 0 Å². The summed E-state index contributed by atoms with van der Waals surface area (Å²) in [5, 5.41) is 12.5. The maximum Gasteiger partial charge on any atom is 0.146 e. The third-order valence-electron chi connectivity index (χ3n) is 3.46. The van der Waals surface area contributed by atoms with Crippen LogP contribution in [0.3, 0.4) is 0 Å². The van der Waals surface area contributed by atoms with E-state index in [1.807, 2.05) is 6.92 Å². The fourth-order valence-corrected chi connectivity index (χ4v) is 2.00. The Morgan fingerprint density at radius 3 is 2.56 bits per heavy atom. The number of nitriles is 1. The molecule has 1 aromatic rings. The first-order valence-electron chi connectivity index (χ1n) is 6.51. The minimum absolute atomic E-state index is 0.310. The van der Waals surface area contributed by atoms with Crippen molar-refractivity contribution in [2.45, 2.75) is 45.6 Å². The van der Waals surface area contributed by atoms with Crippen LogP contribution < -0.4 is 5.32 Å². The number of rotatable bonds is 6. The van der Waals surface area contributed by atoms with E-state index in [9.17, 15) is 9.65 Å². The van der Waals surface area contributed by atoms with Crippen molar-refractivity contribution in [1.29, 1.82) is 5.26 Å². The van der Waals surface area contributed by atoms with E-state index in [0.717, 1.165) is 12.8 Å².